The van der Waals surface area contributed by atoms with Crippen LogP contribution < -0.4 is 4.90 Å². The second kappa shape index (κ2) is 6.84. The van der Waals surface area contributed by atoms with Crippen molar-refractivity contribution in [2.75, 3.05) is 31.1 Å². The first-order valence-corrected chi connectivity index (χ1v) is 8.54. The van der Waals surface area contributed by atoms with Crippen LogP contribution in [0.3, 0.4) is 0 Å². The molecule has 0 bridgehead atoms. The van der Waals surface area contributed by atoms with Gasteiger partial charge in [0, 0.05) is 49.2 Å². The van der Waals surface area contributed by atoms with E-state index in [0.29, 0.717) is 13.1 Å². The summed E-state index contributed by atoms with van der Waals surface area (Å²) in [5, 5.41) is 3.00. The normalized spacial score (nSPS) is 14.3. The smallest absolute Gasteiger partial charge is 0.298 e. The molecule has 1 fully saturated rings. The number of benzene rings is 1. The van der Waals surface area contributed by atoms with E-state index in [-0.39, 0.29) is 5.91 Å². The highest BCUT2D eigenvalue weighted by Crippen LogP contribution is 2.18. The molecule has 1 aromatic carbocycles. The van der Waals surface area contributed by atoms with Gasteiger partial charge < -0.3 is 9.80 Å². The zero-order valence-electron chi connectivity index (χ0n) is 13.4. The second-order valence-corrected chi connectivity index (χ2v) is 6.46. The molecule has 5 heteroatoms. The number of nitrogens with zero attached hydrogens (tertiary/aromatic N) is 3. The Morgan fingerprint density at radius 2 is 2.00 bits per heavy atom. The molecule has 118 valence electrons. The van der Waals surface area contributed by atoms with Crippen LogP contribution in [0.1, 0.15) is 16.7 Å². The average molecular weight is 325 g/mol. The van der Waals surface area contributed by atoms with Crippen molar-refractivity contribution in [2.24, 2.45) is 0 Å². The summed E-state index contributed by atoms with van der Waals surface area (Å²) in [6.45, 7) is 7.10. The van der Waals surface area contributed by atoms with Gasteiger partial charge in [0.1, 0.15) is 0 Å². The van der Waals surface area contributed by atoms with Gasteiger partial charge in [0.2, 0.25) is 0 Å². The number of hydrogen-bond donors (Lipinski definition) is 0. The Hall–Kier alpha value is -2.32. The predicted molar refractivity (Wildman–Crippen MR) is 93.7 cm³/mol. The number of hydrogen-bond acceptors (Lipinski definition) is 4. The molecule has 0 N–H and O–H groups in total. The fraction of sp³-hybridized carbons (Fsp3) is 0.333. The summed E-state index contributed by atoms with van der Waals surface area (Å²) in [5.41, 5.74) is 3.27. The van der Waals surface area contributed by atoms with E-state index in [9.17, 15) is 4.79 Å². The first-order chi connectivity index (χ1) is 11.1. The Kier molecular flexibility index (Phi) is 4.63. The lowest BCUT2D eigenvalue weighted by atomic mass is 10.0. The van der Waals surface area contributed by atoms with Gasteiger partial charge in [-0.25, -0.2) is 4.98 Å². The maximum atomic E-state index is 12.3. The van der Waals surface area contributed by atoms with E-state index in [1.807, 2.05) is 35.5 Å². The molecule has 0 atom stereocenters. The molecule has 2 aromatic rings. The maximum absolute atomic E-state index is 12.3. The fourth-order valence-electron chi connectivity index (χ4n) is 2.56. The van der Waals surface area contributed by atoms with E-state index in [2.05, 4.69) is 34.7 Å². The Balaban J connectivity index is 1.62. The molecular weight excluding hydrogens is 306 g/mol. The SMILES string of the molecule is Cc1cccc(C#CC(=O)N2CCN(c3nccs3)CC2)c1C. The molecule has 3 rings (SSSR count). The molecule has 1 aliphatic rings. The van der Waals surface area contributed by atoms with E-state index < -0.39 is 0 Å². The lowest BCUT2D eigenvalue weighted by Gasteiger charge is -2.33. The number of aromatic nitrogens is 1. The molecule has 2 heterocycles. The van der Waals surface area contributed by atoms with Crippen molar-refractivity contribution < 1.29 is 4.79 Å². The van der Waals surface area contributed by atoms with Crippen LogP contribution in [0.2, 0.25) is 0 Å². The molecule has 1 aliphatic heterocycles. The zero-order valence-corrected chi connectivity index (χ0v) is 14.2. The Morgan fingerprint density at radius 1 is 1.22 bits per heavy atom. The molecule has 1 aromatic heterocycles. The number of carbonyl (C=O) groups excluding carboxylic acids is 1. The van der Waals surface area contributed by atoms with Crippen molar-refractivity contribution in [3.05, 3.63) is 46.5 Å². The quantitative estimate of drug-likeness (QED) is 0.756. The van der Waals surface area contributed by atoms with Crippen molar-refractivity contribution in [1.29, 1.82) is 0 Å². The van der Waals surface area contributed by atoms with Gasteiger partial charge in [-0.2, -0.15) is 0 Å². The third-order valence-electron chi connectivity index (χ3n) is 4.17. The summed E-state index contributed by atoms with van der Waals surface area (Å²) in [6, 6.07) is 5.99. The number of thiazole rings is 1. The van der Waals surface area contributed by atoms with Crippen LogP contribution in [-0.4, -0.2) is 42.0 Å². The highest BCUT2D eigenvalue weighted by Gasteiger charge is 2.21. The zero-order chi connectivity index (χ0) is 16.2. The maximum Gasteiger partial charge on any atom is 0.298 e. The fourth-order valence-corrected chi connectivity index (χ4v) is 3.26. The van der Waals surface area contributed by atoms with Gasteiger partial charge in [-0.15, -0.1) is 11.3 Å². The van der Waals surface area contributed by atoms with E-state index in [1.165, 1.54) is 5.56 Å². The van der Waals surface area contributed by atoms with Gasteiger partial charge in [0.05, 0.1) is 0 Å². The summed E-state index contributed by atoms with van der Waals surface area (Å²) in [5.74, 6) is 5.72. The van der Waals surface area contributed by atoms with Crippen molar-refractivity contribution in [3.63, 3.8) is 0 Å². The van der Waals surface area contributed by atoms with Crippen molar-refractivity contribution in [1.82, 2.24) is 9.88 Å². The molecule has 1 saturated heterocycles. The van der Waals surface area contributed by atoms with E-state index >= 15 is 0 Å². The van der Waals surface area contributed by atoms with E-state index in [1.54, 1.807) is 11.3 Å². The Bertz CT molecular complexity index is 750. The topological polar surface area (TPSA) is 36.4 Å². The highest BCUT2D eigenvalue weighted by molar-refractivity contribution is 7.13. The molecule has 1 amide bonds. The van der Waals surface area contributed by atoms with E-state index in [4.69, 9.17) is 0 Å². The number of rotatable bonds is 1. The largest absolute Gasteiger partial charge is 0.345 e. The third kappa shape index (κ3) is 3.54. The molecule has 0 unspecified atom stereocenters. The number of anilines is 1. The number of aryl methyl sites for hydroxylation is 1. The average Bonchev–Trinajstić information content (AvgIpc) is 3.10. The van der Waals surface area contributed by atoms with Crippen LogP contribution in [0.15, 0.2) is 29.8 Å². The summed E-state index contributed by atoms with van der Waals surface area (Å²) in [4.78, 5) is 20.6. The minimum absolute atomic E-state index is 0.0929. The van der Waals surface area contributed by atoms with Crippen LogP contribution in [0.4, 0.5) is 5.13 Å². The standard InChI is InChI=1S/C18H19N3OS/c1-14-4-3-5-16(15(14)2)6-7-17(22)20-9-11-21(12-10-20)18-19-8-13-23-18/h3-5,8,13H,9-12H2,1-2H3. The van der Waals surface area contributed by atoms with Crippen LogP contribution >= 0.6 is 11.3 Å². The molecular formula is C18H19N3OS. The molecule has 0 spiro atoms. The van der Waals surface area contributed by atoms with Crippen LogP contribution in [0.5, 0.6) is 0 Å². The molecule has 23 heavy (non-hydrogen) atoms. The van der Waals surface area contributed by atoms with Gasteiger partial charge in [0.15, 0.2) is 5.13 Å². The Morgan fingerprint density at radius 3 is 2.70 bits per heavy atom. The molecule has 0 aliphatic carbocycles. The highest BCUT2D eigenvalue weighted by atomic mass is 32.1. The summed E-state index contributed by atoms with van der Waals surface area (Å²) in [6.07, 6.45) is 1.81. The first-order valence-electron chi connectivity index (χ1n) is 7.67. The number of carbonyl (C=O) groups is 1. The van der Waals surface area contributed by atoms with Crippen molar-refractivity contribution in [3.8, 4) is 11.8 Å². The lowest BCUT2D eigenvalue weighted by molar-refractivity contribution is -0.125. The number of piperazine rings is 1. The van der Waals surface area contributed by atoms with Crippen LogP contribution in [-0.2, 0) is 4.79 Å². The minimum Gasteiger partial charge on any atom is -0.345 e. The summed E-state index contributed by atoms with van der Waals surface area (Å²) >= 11 is 1.63. The van der Waals surface area contributed by atoms with Gasteiger partial charge in [-0.3, -0.25) is 4.79 Å². The predicted octanol–water partition coefficient (Wildman–Crippen LogP) is 2.46. The summed E-state index contributed by atoms with van der Waals surface area (Å²) in [7, 11) is 0. The second-order valence-electron chi connectivity index (χ2n) is 5.59. The minimum atomic E-state index is -0.0929. The first kappa shape index (κ1) is 15.6. The van der Waals surface area contributed by atoms with Crippen LogP contribution in [0, 0.1) is 25.7 Å². The van der Waals surface area contributed by atoms with Gasteiger partial charge in [-0.1, -0.05) is 18.1 Å². The van der Waals surface area contributed by atoms with Gasteiger partial charge >= 0.3 is 0 Å². The van der Waals surface area contributed by atoms with Crippen molar-refractivity contribution in [2.45, 2.75) is 13.8 Å². The van der Waals surface area contributed by atoms with Gasteiger partial charge in [-0.05, 0) is 31.0 Å². The molecule has 0 saturated carbocycles. The van der Waals surface area contributed by atoms with Gasteiger partial charge in [0.25, 0.3) is 5.91 Å². The Labute approximate surface area is 140 Å². The third-order valence-corrected chi connectivity index (χ3v) is 5.00. The lowest BCUT2D eigenvalue weighted by Crippen LogP contribution is -2.48. The number of amides is 1. The molecule has 4 nitrogen and oxygen atoms in total. The van der Waals surface area contributed by atoms with E-state index in [0.717, 1.165) is 29.3 Å². The summed E-state index contributed by atoms with van der Waals surface area (Å²) < 4.78 is 0. The molecule has 0 radical (unpaired) electrons. The van der Waals surface area contributed by atoms with Crippen molar-refractivity contribution >= 4 is 22.4 Å². The van der Waals surface area contributed by atoms with Crippen LogP contribution in [0.25, 0.3) is 0 Å². The monoisotopic (exact) mass is 325 g/mol.